The lowest BCUT2D eigenvalue weighted by Crippen LogP contribution is -2.40. The fourth-order valence-electron chi connectivity index (χ4n) is 2.82. The molecule has 0 aliphatic carbocycles. The van der Waals surface area contributed by atoms with Crippen LogP contribution in [0.25, 0.3) is 6.08 Å². The summed E-state index contributed by atoms with van der Waals surface area (Å²) >= 11 is 1.47. The van der Waals surface area contributed by atoms with Gasteiger partial charge in [-0.05, 0) is 31.4 Å². The predicted molar refractivity (Wildman–Crippen MR) is 100 cm³/mol. The van der Waals surface area contributed by atoms with E-state index in [0.29, 0.717) is 31.1 Å². The summed E-state index contributed by atoms with van der Waals surface area (Å²) in [5.74, 6) is -0.0640. The van der Waals surface area contributed by atoms with E-state index in [-0.39, 0.29) is 17.7 Å². The van der Waals surface area contributed by atoms with Crippen molar-refractivity contribution in [2.75, 3.05) is 18.4 Å². The van der Waals surface area contributed by atoms with Crippen LogP contribution in [-0.2, 0) is 9.59 Å². The number of amides is 2. The van der Waals surface area contributed by atoms with Crippen LogP contribution < -0.4 is 5.32 Å². The van der Waals surface area contributed by atoms with Gasteiger partial charge < -0.3 is 10.2 Å². The highest BCUT2D eigenvalue weighted by molar-refractivity contribution is 7.15. The van der Waals surface area contributed by atoms with Crippen molar-refractivity contribution in [3.05, 3.63) is 53.0 Å². The number of likely N-dealkylation sites (tertiary alicyclic amines) is 1. The molecule has 0 spiro atoms. The van der Waals surface area contributed by atoms with Gasteiger partial charge in [0.15, 0.2) is 5.13 Å². The summed E-state index contributed by atoms with van der Waals surface area (Å²) in [6.45, 7) is 3.17. The minimum absolute atomic E-state index is 0.00118. The van der Waals surface area contributed by atoms with Gasteiger partial charge in [0.2, 0.25) is 11.8 Å². The Balaban J connectivity index is 1.48. The maximum Gasteiger partial charge on any atom is 0.246 e. The molecule has 6 heteroatoms. The van der Waals surface area contributed by atoms with Crippen molar-refractivity contribution in [2.24, 2.45) is 5.92 Å². The van der Waals surface area contributed by atoms with Gasteiger partial charge in [0.1, 0.15) is 0 Å². The number of benzene rings is 1. The quantitative estimate of drug-likeness (QED) is 0.856. The number of nitrogens with zero attached hydrogens (tertiary/aromatic N) is 2. The third-order valence-electron chi connectivity index (χ3n) is 4.25. The van der Waals surface area contributed by atoms with Gasteiger partial charge >= 0.3 is 0 Å². The van der Waals surface area contributed by atoms with Gasteiger partial charge in [0.05, 0.1) is 0 Å². The van der Waals surface area contributed by atoms with Gasteiger partial charge in [0, 0.05) is 36.2 Å². The van der Waals surface area contributed by atoms with Gasteiger partial charge in [0.25, 0.3) is 0 Å². The van der Waals surface area contributed by atoms with Crippen LogP contribution in [0.4, 0.5) is 5.13 Å². The summed E-state index contributed by atoms with van der Waals surface area (Å²) in [6.07, 6.45) is 6.54. The Hall–Kier alpha value is -2.47. The Kier molecular flexibility index (Phi) is 5.60. The number of aryl methyl sites for hydroxylation is 1. The zero-order valence-electron chi connectivity index (χ0n) is 14.1. The predicted octanol–water partition coefficient (Wildman–Crippen LogP) is 3.34. The van der Waals surface area contributed by atoms with Gasteiger partial charge in [-0.3, -0.25) is 9.59 Å². The molecule has 5 nitrogen and oxygen atoms in total. The highest BCUT2D eigenvalue weighted by Crippen LogP contribution is 2.22. The van der Waals surface area contributed by atoms with Crippen molar-refractivity contribution in [1.82, 2.24) is 9.88 Å². The fraction of sp³-hybridized carbons (Fsp3) is 0.316. The molecule has 2 heterocycles. The lowest BCUT2D eigenvalue weighted by atomic mass is 9.96. The van der Waals surface area contributed by atoms with Crippen molar-refractivity contribution in [1.29, 1.82) is 0 Å². The summed E-state index contributed by atoms with van der Waals surface area (Å²) in [4.78, 5) is 31.6. The number of anilines is 1. The number of piperidine rings is 1. The maximum atomic E-state index is 12.3. The zero-order valence-corrected chi connectivity index (χ0v) is 15.0. The van der Waals surface area contributed by atoms with Crippen LogP contribution >= 0.6 is 11.3 Å². The van der Waals surface area contributed by atoms with Crippen molar-refractivity contribution < 1.29 is 9.59 Å². The van der Waals surface area contributed by atoms with Crippen molar-refractivity contribution in [3.63, 3.8) is 0 Å². The van der Waals surface area contributed by atoms with E-state index in [9.17, 15) is 9.59 Å². The van der Waals surface area contributed by atoms with Crippen molar-refractivity contribution >= 4 is 34.4 Å². The highest BCUT2D eigenvalue weighted by Gasteiger charge is 2.27. The van der Waals surface area contributed by atoms with Crippen LogP contribution in [0.15, 0.2) is 42.6 Å². The summed E-state index contributed by atoms with van der Waals surface area (Å²) in [5, 5.41) is 3.52. The third-order valence-corrected chi connectivity index (χ3v) is 5.07. The molecule has 1 aromatic heterocycles. The Bertz CT molecular complexity index is 762. The van der Waals surface area contributed by atoms with Gasteiger partial charge in [-0.15, -0.1) is 11.3 Å². The molecule has 1 aliphatic rings. The lowest BCUT2D eigenvalue weighted by Gasteiger charge is -2.30. The van der Waals surface area contributed by atoms with E-state index in [0.717, 1.165) is 10.4 Å². The first kappa shape index (κ1) is 17.4. The number of nitrogens with one attached hydrogen (secondary N) is 1. The summed E-state index contributed by atoms with van der Waals surface area (Å²) in [7, 11) is 0. The number of hydrogen-bond acceptors (Lipinski definition) is 4. The van der Waals surface area contributed by atoms with Gasteiger partial charge in [-0.1, -0.05) is 30.3 Å². The number of aromatic nitrogens is 1. The molecule has 1 saturated heterocycles. The summed E-state index contributed by atoms with van der Waals surface area (Å²) in [6, 6.07) is 9.75. The molecule has 0 unspecified atom stereocenters. The number of carbonyl (C=O) groups is 2. The molecule has 0 bridgehead atoms. The average Bonchev–Trinajstić information content (AvgIpc) is 3.05. The first-order valence-corrected chi connectivity index (χ1v) is 9.19. The van der Waals surface area contributed by atoms with E-state index in [1.165, 1.54) is 11.3 Å². The zero-order chi connectivity index (χ0) is 17.6. The Morgan fingerprint density at radius 1 is 1.24 bits per heavy atom. The van der Waals surface area contributed by atoms with Crippen LogP contribution in [0, 0.1) is 12.8 Å². The molecule has 0 radical (unpaired) electrons. The first-order chi connectivity index (χ1) is 12.1. The fourth-order valence-corrected chi connectivity index (χ4v) is 3.49. The Labute approximate surface area is 151 Å². The monoisotopic (exact) mass is 355 g/mol. The second-order valence-electron chi connectivity index (χ2n) is 6.11. The molecule has 1 aromatic carbocycles. The smallest absolute Gasteiger partial charge is 0.246 e. The van der Waals surface area contributed by atoms with E-state index >= 15 is 0 Å². The molecule has 2 amide bonds. The van der Waals surface area contributed by atoms with Crippen LogP contribution in [0.2, 0.25) is 0 Å². The van der Waals surface area contributed by atoms with E-state index in [1.807, 2.05) is 43.3 Å². The molecule has 3 rings (SSSR count). The largest absolute Gasteiger partial charge is 0.339 e. The standard InChI is InChI=1S/C19H21N3O2S/c1-14-13-20-19(25-14)21-18(24)16-9-11-22(12-10-16)17(23)8-7-15-5-3-2-4-6-15/h2-8,13,16H,9-12H2,1H3,(H,20,21,24)/b8-7+. The van der Waals surface area contributed by atoms with E-state index < -0.39 is 0 Å². The van der Waals surface area contributed by atoms with Crippen molar-refractivity contribution in [2.45, 2.75) is 19.8 Å². The number of carbonyl (C=O) groups excluding carboxylic acids is 2. The molecule has 0 saturated carbocycles. The number of thiazole rings is 1. The molecule has 25 heavy (non-hydrogen) atoms. The molecule has 130 valence electrons. The first-order valence-electron chi connectivity index (χ1n) is 8.37. The minimum atomic E-state index is -0.0636. The molecule has 0 atom stereocenters. The summed E-state index contributed by atoms with van der Waals surface area (Å²) < 4.78 is 0. The van der Waals surface area contributed by atoms with Crippen LogP contribution in [0.3, 0.4) is 0 Å². The van der Waals surface area contributed by atoms with Crippen molar-refractivity contribution in [3.8, 4) is 0 Å². The molecular weight excluding hydrogens is 334 g/mol. The average molecular weight is 355 g/mol. The Morgan fingerprint density at radius 2 is 1.96 bits per heavy atom. The van der Waals surface area contributed by atoms with Crippen LogP contribution in [0.1, 0.15) is 23.3 Å². The van der Waals surface area contributed by atoms with Crippen LogP contribution in [-0.4, -0.2) is 34.8 Å². The second kappa shape index (κ2) is 8.07. The number of hydrogen-bond donors (Lipinski definition) is 1. The maximum absolute atomic E-state index is 12.3. The molecule has 1 aliphatic heterocycles. The summed E-state index contributed by atoms with van der Waals surface area (Å²) in [5.41, 5.74) is 1.00. The molecular formula is C19H21N3O2S. The normalized spacial score (nSPS) is 15.5. The topological polar surface area (TPSA) is 62.3 Å². The van der Waals surface area contributed by atoms with E-state index in [1.54, 1.807) is 17.2 Å². The lowest BCUT2D eigenvalue weighted by molar-refractivity contribution is -0.130. The molecule has 1 fully saturated rings. The van der Waals surface area contributed by atoms with E-state index in [2.05, 4.69) is 10.3 Å². The van der Waals surface area contributed by atoms with Crippen LogP contribution in [0.5, 0.6) is 0 Å². The third kappa shape index (κ3) is 4.76. The SMILES string of the molecule is Cc1cnc(NC(=O)C2CCN(C(=O)/C=C/c3ccccc3)CC2)s1. The molecule has 1 N–H and O–H groups in total. The molecule has 2 aromatic rings. The van der Waals surface area contributed by atoms with E-state index in [4.69, 9.17) is 0 Å². The number of rotatable bonds is 4. The Morgan fingerprint density at radius 3 is 2.60 bits per heavy atom. The van der Waals surface area contributed by atoms with Gasteiger partial charge in [-0.2, -0.15) is 0 Å². The second-order valence-corrected chi connectivity index (χ2v) is 7.34. The minimum Gasteiger partial charge on any atom is -0.339 e. The highest BCUT2D eigenvalue weighted by atomic mass is 32.1. The van der Waals surface area contributed by atoms with Gasteiger partial charge in [-0.25, -0.2) is 4.98 Å².